The molecule has 0 bridgehead atoms. The van der Waals surface area contributed by atoms with Crippen LogP contribution in [-0.4, -0.2) is 26.8 Å². The first-order chi connectivity index (χ1) is 18.8. The summed E-state index contributed by atoms with van der Waals surface area (Å²) in [6.07, 6.45) is 1.63. The molecule has 7 nitrogen and oxygen atoms in total. The number of hydrogen-bond donors (Lipinski definition) is 2. The SMILES string of the molecule is N#Cc1cc(F)cc(-c2cc(C(=O)NCc3ccc(C(=O)O)cc3)c3c(cnn3Cc3cccc(Cl)c3)c2)c1. The van der Waals surface area contributed by atoms with Gasteiger partial charge in [0.05, 0.1) is 41.0 Å². The predicted molar refractivity (Wildman–Crippen MR) is 145 cm³/mol. The van der Waals surface area contributed by atoms with E-state index in [2.05, 4.69) is 10.4 Å². The number of carboxylic acids is 1. The minimum Gasteiger partial charge on any atom is -0.478 e. The monoisotopic (exact) mass is 538 g/mol. The lowest BCUT2D eigenvalue weighted by Crippen LogP contribution is -2.24. The number of aromatic carboxylic acids is 1. The average Bonchev–Trinajstić information content (AvgIpc) is 3.33. The van der Waals surface area contributed by atoms with Crippen LogP contribution in [0, 0.1) is 17.1 Å². The van der Waals surface area contributed by atoms with E-state index < -0.39 is 17.7 Å². The number of fused-ring (bicyclic) bond motifs is 1. The zero-order valence-corrected chi connectivity index (χ0v) is 21.1. The van der Waals surface area contributed by atoms with E-state index in [0.717, 1.165) is 17.2 Å². The lowest BCUT2D eigenvalue weighted by Gasteiger charge is -2.13. The van der Waals surface area contributed by atoms with Gasteiger partial charge in [-0.2, -0.15) is 10.4 Å². The van der Waals surface area contributed by atoms with E-state index in [-0.39, 0.29) is 17.7 Å². The lowest BCUT2D eigenvalue weighted by atomic mass is 9.98. The Kier molecular flexibility index (Phi) is 7.08. The van der Waals surface area contributed by atoms with Gasteiger partial charge in [-0.15, -0.1) is 0 Å². The molecule has 2 N–H and O–H groups in total. The molecule has 5 rings (SSSR count). The standard InChI is InChI=1S/C30H20ClFN4O3/c31-25-3-1-2-19(9-25)17-36-28-24(16-35-36)11-23(22-8-20(14-33)10-26(32)12-22)13-27(28)29(37)34-15-18-4-6-21(7-5-18)30(38)39/h1-13,16H,15,17H2,(H,34,37)(H,38,39). The van der Waals surface area contributed by atoms with Crippen molar-refractivity contribution in [2.75, 3.05) is 0 Å². The van der Waals surface area contributed by atoms with Crippen LogP contribution in [0.2, 0.25) is 5.02 Å². The number of nitrogens with one attached hydrogen (secondary N) is 1. The van der Waals surface area contributed by atoms with Crippen molar-refractivity contribution in [1.82, 2.24) is 15.1 Å². The molecular formula is C30H20ClFN4O3. The first kappa shape index (κ1) is 25.6. The summed E-state index contributed by atoms with van der Waals surface area (Å²) >= 11 is 6.16. The molecule has 0 aliphatic rings. The molecule has 0 fully saturated rings. The topological polar surface area (TPSA) is 108 Å². The summed E-state index contributed by atoms with van der Waals surface area (Å²) in [5.74, 6) is -1.99. The van der Waals surface area contributed by atoms with Crippen molar-refractivity contribution in [1.29, 1.82) is 5.26 Å². The Balaban J connectivity index is 1.55. The van der Waals surface area contributed by atoms with Gasteiger partial charge in [0.25, 0.3) is 5.91 Å². The maximum atomic E-state index is 14.2. The van der Waals surface area contributed by atoms with Crippen molar-refractivity contribution in [3.05, 3.63) is 124 Å². The first-order valence-electron chi connectivity index (χ1n) is 11.9. The zero-order chi connectivity index (χ0) is 27.5. The predicted octanol–water partition coefficient (Wildman–Crippen LogP) is 6.04. The summed E-state index contributed by atoms with van der Waals surface area (Å²) in [6, 6.07) is 23.0. The molecule has 1 amide bonds. The number of carboxylic acid groups (broad SMARTS) is 1. The summed E-state index contributed by atoms with van der Waals surface area (Å²) in [6.45, 7) is 0.518. The molecule has 0 saturated carbocycles. The second-order valence-corrected chi connectivity index (χ2v) is 9.36. The number of benzene rings is 4. The van der Waals surface area contributed by atoms with Crippen LogP contribution in [0.3, 0.4) is 0 Å². The number of halogens is 2. The molecule has 1 heterocycles. The molecule has 0 saturated heterocycles. The third kappa shape index (κ3) is 5.64. The molecule has 0 aliphatic carbocycles. The van der Waals surface area contributed by atoms with Crippen LogP contribution >= 0.6 is 11.6 Å². The van der Waals surface area contributed by atoms with E-state index in [1.807, 2.05) is 24.3 Å². The molecule has 0 unspecified atom stereocenters. The smallest absolute Gasteiger partial charge is 0.335 e. The van der Waals surface area contributed by atoms with Crippen molar-refractivity contribution < 1.29 is 19.1 Å². The Hall–Kier alpha value is -5.00. The Morgan fingerprint density at radius 2 is 1.77 bits per heavy atom. The first-order valence-corrected chi connectivity index (χ1v) is 12.2. The van der Waals surface area contributed by atoms with Crippen LogP contribution in [0.4, 0.5) is 4.39 Å². The Morgan fingerprint density at radius 1 is 1.00 bits per heavy atom. The Morgan fingerprint density at radius 3 is 2.49 bits per heavy atom. The van der Waals surface area contributed by atoms with E-state index in [1.54, 1.807) is 47.3 Å². The summed E-state index contributed by atoms with van der Waals surface area (Å²) < 4.78 is 15.9. The third-order valence-corrected chi connectivity index (χ3v) is 6.45. The molecule has 5 aromatic rings. The van der Waals surface area contributed by atoms with Crippen LogP contribution in [0.5, 0.6) is 0 Å². The third-order valence-electron chi connectivity index (χ3n) is 6.21. The highest BCUT2D eigenvalue weighted by atomic mass is 35.5. The number of rotatable bonds is 7. The van der Waals surface area contributed by atoms with Gasteiger partial charge < -0.3 is 10.4 Å². The van der Waals surface area contributed by atoms with Gasteiger partial charge in [-0.1, -0.05) is 35.9 Å². The molecule has 9 heteroatoms. The van der Waals surface area contributed by atoms with Gasteiger partial charge in [0.15, 0.2) is 0 Å². The largest absolute Gasteiger partial charge is 0.478 e. The second-order valence-electron chi connectivity index (χ2n) is 8.92. The fraction of sp³-hybridized carbons (Fsp3) is 0.0667. The minimum atomic E-state index is -1.03. The van der Waals surface area contributed by atoms with Gasteiger partial charge in [-0.3, -0.25) is 9.48 Å². The van der Waals surface area contributed by atoms with Crippen LogP contribution in [0.25, 0.3) is 22.0 Å². The van der Waals surface area contributed by atoms with Gasteiger partial charge in [0, 0.05) is 17.0 Å². The highest BCUT2D eigenvalue weighted by molar-refractivity contribution is 6.30. The number of nitriles is 1. The molecule has 0 spiro atoms. The van der Waals surface area contributed by atoms with E-state index in [0.29, 0.717) is 39.2 Å². The fourth-order valence-corrected chi connectivity index (χ4v) is 4.58. The zero-order valence-electron chi connectivity index (χ0n) is 20.4. The molecule has 4 aromatic carbocycles. The number of amides is 1. The Labute approximate surface area is 227 Å². The number of aromatic nitrogens is 2. The molecule has 192 valence electrons. The summed E-state index contributed by atoms with van der Waals surface area (Å²) in [4.78, 5) is 24.7. The quantitative estimate of drug-likeness (QED) is 0.262. The Bertz CT molecular complexity index is 1770. The lowest BCUT2D eigenvalue weighted by molar-refractivity contribution is 0.0696. The highest BCUT2D eigenvalue weighted by Gasteiger charge is 2.18. The van der Waals surface area contributed by atoms with Crippen LogP contribution in [0.1, 0.15) is 37.4 Å². The van der Waals surface area contributed by atoms with Gasteiger partial charge in [0.1, 0.15) is 5.82 Å². The molecule has 0 aliphatic heterocycles. The van der Waals surface area contributed by atoms with E-state index in [9.17, 15) is 19.2 Å². The number of carbonyl (C=O) groups excluding carboxylic acids is 1. The van der Waals surface area contributed by atoms with E-state index in [1.165, 1.54) is 18.2 Å². The number of carbonyl (C=O) groups is 2. The molecular weight excluding hydrogens is 519 g/mol. The number of hydrogen-bond acceptors (Lipinski definition) is 4. The molecule has 39 heavy (non-hydrogen) atoms. The van der Waals surface area contributed by atoms with Crippen LogP contribution in [-0.2, 0) is 13.1 Å². The van der Waals surface area contributed by atoms with Crippen molar-refractivity contribution in [2.45, 2.75) is 13.1 Å². The molecule has 0 atom stereocenters. The summed E-state index contributed by atoms with van der Waals surface area (Å²) in [5.41, 5.74) is 3.82. The van der Waals surface area contributed by atoms with Crippen molar-refractivity contribution in [3.63, 3.8) is 0 Å². The second kappa shape index (κ2) is 10.8. The van der Waals surface area contributed by atoms with E-state index in [4.69, 9.17) is 16.7 Å². The summed E-state index contributed by atoms with van der Waals surface area (Å²) in [5, 5.41) is 27.0. The number of nitrogens with zero attached hydrogens (tertiary/aromatic N) is 3. The van der Waals surface area contributed by atoms with Crippen molar-refractivity contribution >= 4 is 34.4 Å². The normalized spacial score (nSPS) is 10.8. The van der Waals surface area contributed by atoms with Gasteiger partial charge in [0.2, 0.25) is 0 Å². The maximum absolute atomic E-state index is 14.2. The van der Waals surface area contributed by atoms with E-state index >= 15 is 0 Å². The molecule has 1 aromatic heterocycles. The molecule has 0 radical (unpaired) electrons. The summed E-state index contributed by atoms with van der Waals surface area (Å²) in [7, 11) is 0. The van der Waals surface area contributed by atoms with Crippen LogP contribution < -0.4 is 5.32 Å². The maximum Gasteiger partial charge on any atom is 0.335 e. The highest BCUT2D eigenvalue weighted by Crippen LogP contribution is 2.30. The van der Waals surface area contributed by atoms with Crippen molar-refractivity contribution in [3.8, 4) is 17.2 Å². The van der Waals surface area contributed by atoms with Gasteiger partial charge in [-0.05, 0) is 76.9 Å². The minimum absolute atomic E-state index is 0.149. The fourth-order valence-electron chi connectivity index (χ4n) is 4.36. The van der Waals surface area contributed by atoms with Gasteiger partial charge >= 0.3 is 5.97 Å². The van der Waals surface area contributed by atoms with Crippen molar-refractivity contribution in [2.24, 2.45) is 0 Å². The average molecular weight is 539 g/mol. The van der Waals surface area contributed by atoms with Crippen LogP contribution in [0.15, 0.2) is 85.1 Å². The van der Waals surface area contributed by atoms with Gasteiger partial charge in [-0.25, -0.2) is 9.18 Å².